The lowest BCUT2D eigenvalue weighted by Gasteiger charge is -2.16. The van der Waals surface area contributed by atoms with Gasteiger partial charge in [-0.3, -0.25) is 0 Å². The van der Waals surface area contributed by atoms with E-state index >= 15 is 0 Å². The Morgan fingerprint density at radius 3 is 2.33 bits per heavy atom. The quantitative estimate of drug-likeness (QED) is 0.442. The van der Waals surface area contributed by atoms with Gasteiger partial charge in [0.25, 0.3) is 0 Å². The van der Waals surface area contributed by atoms with E-state index in [4.69, 9.17) is 0 Å². The van der Waals surface area contributed by atoms with Crippen molar-refractivity contribution >= 4 is 17.8 Å². The van der Waals surface area contributed by atoms with Crippen LogP contribution in [0.3, 0.4) is 0 Å². The average molecular weight is 164 g/mol. The topological polar surface area (TPSA) is 0 Å². The van der Waals surface area contributed by atoms with E-state index in [0.717, 1.165) is 8.58 Å². The summed E-state index contributed by atoms with van der Waals surface area (Å²) in [6.07, 6.45) is 4.15. The molecular formula is C7H18P2. The first kappa shape index (κ1) is 9.86. The second-order valence-corrected chi connectivity index (χ2v) is 5.97. The average Bonchev–Trinajstić information content (AvgIpc) is 1.63. The molecule has 0 aliphatic rings. The highest BCUT2D eigenvalue weighted by Crippen LogP contribution is 2.23. The molecule has 0 amide bonds. The summed E-state index contributed by atoms with van der Waals surface area (Å²) in [5.74, 6) is 0. The minimum absolute atomic E-state index is 0.472. The maximum absolute atomic E-state index is 2.89. The van der Waals surface area contributed by atoms with Gasteiger partial charge in [0.05, 0.1) is 0 Å². The summed E-state index contributed by atoms with van der Waals surface area (Å²) in [7, 11) is 4.02. The second kappa shape index (κ2) is 4.64. The van der Waals surface area contributed by atoms with Crippen molar-refractivity contribution in [2.24, 2.45) is 0 Å². The molecule has 2 heteroatoms. The SMILES string of the molecule is CPCCCC(C)(C)P. The molecule has 0 aromatic carbocycles. The normalized spacial score (nSPS) is 13.3. The van der Waals surface area contributed by atoms with Gasteiger partial charge >= 0.3 is 0 Å². The first-order valence-corrected chi connectivity index (χ1v) is 5.78. The van der Waals surface area contributed by atoms with Gasteiger partial charge in [0, 0.05) is 0 Å². The van der Waals surface area contributed by atoms with E-state index < -0.39 is 0 Å². The predicted octanol–water partition coefficient (Wildman–Crippen LogP) is 2.73. The lowest BCUT2D eigenvalue weighted by molar-refractivity contribution is 0.630. The molecule has 0 aliphatic carbocycles. The molecule has 2 unspecified atom stereocenters. The Balaban J connectivity index is 3.07. The van der Waals surface area contributed by atoms with Crippen LogP contribution in [0.25, 0.3) is 0 Å². The van der Waals surface area contributed by atoms with E-state index in [1.54, 1.807) is 0 Å². The third-order valence-electron chi connectivity index (χ3n) is 1.25. The summed E-state index contributed by atoms with van der Waals surface area (Å²) >= 11 is 0. The number of rotatable bonds is 4. The molecule has 0 heterocycles. The monoisotopic (exact) mass is 164 g/mol. The number of hydrogen-bond donors (Lipinski definition) is 0. The van der Waals surface area contributed by atoms with Crippen molar-refractivity contribution in [3.63, 3.8) is 0 Å². The van der Waals surface area contributed by atoms with Crippen molar-refractivity contribution in [2.75, 3.05) is 12.8 Å². The molecule has 56 valence electrons. The van der Waals surface area contributed by atoms with E-state index in [-0.39, 0.29) is 0 Å². The standard InChI is InChI=1S/C7H18P2/c1-7(2,8)5-4-6-9-3/h9H,4-6,8H2,1-3H3. The molecule has 0 bridgehead atoms. The van der Waals surface area contributed by atoms with Gasteiger partial charge in [-0.15, -0.1) is 17.8 Å². The van der Waals surface area contributed by atoms with Gasteiger partial charge in [0.15, 0.2) is 0 Å². The van der Waals surface area contributed by atoms with Gasteiger partial charge in [0.2, 0.25) is 0 Å². The van der Waals surface area contributed by atoms with Crippen molar-refractivity contribution in [2.45, 2.75) is 31.8 Å². The van der Waals surface area contributed by atoms with Crippen LogP contribution in [-0.2, 0) is 0 Å². The summed E-state index contributed by atoms with van der Waals surface area (Å²) in [5, 5.41) is 0.472. The molecule has 0 saturated carbocycles. The van der Waals surface area contributed by atoms with E-state index in [2.05, 4.69) is 29.8 Å². The maximum Gasteiger partial charge on any atom is -0.0206 e. The van der Waals surface area contributed by atoms with Crippen LogP contribution >= 0.6 is 17.8 Å². The fraction of sp³-hybridized carbons (Fsp3) is 1.00. The van der Waals surface area contributed by atoms with Gasteiger partial charge in [-0.05, 0) is 30.8 Å². The summed E-state index contributed by atoms with van der Waals surface area (Å²) in [4.78, 5) is 0. The molecular weight excluding hydrogens is 146 g/mol. The molecule has 9 heavy (non-hydrogen) atoms. The lowest BCUT2D eigenvalue weighted by Crippen LogP contribution is -2.08. The Labute approximate surface area is 63.2 Å². The van der Waals surface area contributed by atoms with Crippen LogP contribution in [0.2, 0.25) is 0 Å². The molecule has 0 aliphatic heterocycles. The molecule has 0 radical (unpaired) electrons. The van der Waals surface area contributed by atoms with Crippen molar-refractivity contribution < 1.29 is 0 Å². The molecule has 0 spiro atoms. The first-order valence-electron chi connectivity index (χ1n) is 3.50. The van der Waals surface area contributed by atoms with E-state index in [1.165, 1.54) is 19.0 Å². The Bertz CT molecular complexity index is 63.8. The van der Waals surface area contributed by atoms with E-state index in [1.807, 2.05) is 0 Å². The summed E-state index contributed by atoms with van der Waals surface area (Å²) in [5.41, 5.74) is 0. The van der Waals surface area contributed by atoms with Crippen LogP contribution in [0.4, 0.5) is 0 Å². The molecule has 0 N–H and O–H groups in total. The second-order valence-electron chi connectivity index (χ2n) is 3.20. The molecule has 0 nitrogen and oxygen atoms in total. The van der Waals surface area contributed by atoms with E-state index in [0.29, 0.717) is 5.16 Å². The fourth-order valence-electron chi connectivity index (χ4n) is 0.721. The van der Waals surface area contributed by atoms with Crippen LogP contribution in [0.1, 0.15) is 26.7 Å². The molecule has 0 aromatic heterocycles. The van der Waals surface area contributed by atoms with Gasteiger partial charge < -0.3 is 0 Å². The zero-order chi connectivity index (χ0) is 7.33. The Kier molecular flexibility index (Phi) is 5.08. The fourth-order valence-corrected chi connectivity index (χ4v) is 1.46. The summed E-state index contributed by atoms with van der Waals surface area (Å²) in [6, 6.07) is 0. The molecule has 0 saturated heterocycles. The van der Waals surface area contributed by atoms with Gasteiger partial charge in [-0.2, -0.15) is 0 Å². The van der Waals surface area contributed by atoms with E-state index in [9.17, 15) is 0 Å². The highest BCUT2D eigenvalue weighted by Gasteiger charge is 2.07. The molecule has 0 rings (SSSR count). The highest BCUT2D eigenvalue weighted by atomic mass is 31.1. The third-order valence-corrected chi connectivity index (χ3v) is 2.39. The smallest absolute Gasteiger partial charge is 0.0206 e. The highest BCUT2D eigenvalue weighted by molar-refractivity contribution is 7.36. The Morgan fingerprint density at radius 1 is 1.44 bits per heavy atom. The zero-order valence-corrected chi connectivity index (χ0v) is 8.85. The Morgan fingerprint density at radius 2 is 2.00 bits per heavy atom. The van der Waals surface area contributed by atoms with Crippen molar-refractivity contribution in [3.05, 3.63) is 0 Å². The van der Waals surface area contributed by atoms with Crippen LogP contribution in [-0.4, -0.2) is 18.0 Å². The van der Waals surface area contributed by atoms with Gasteiger partial charge in [-0.25, -0.2) is 0 Å². The van der Waals surface area contributed by atoms with Crippen LogP contribution in [0.5, 0.6) is 0 Å². The van der Waals surface area contributed by atoms with Crippen molar-refractivity contribution in [3.8, 4) is 0 Å². The van der Waals surface area contributed by atoms with Crippen LogP contribution in [0, 0.1) is 0 Å². The maximum atomic E-state index is 2.89. The summed E-state index contributed by atoms with van der Waals surface area (Å²) < 4.78 is 0. The minimum Gasteiger partial charge on any atom is -0.132 e. The lowest BCUT2D eigenvalue weighted by atomic mass is 10.1. The zero-order valence-electron chi connectivity index (χ0n) is 6.70. The summed E-state index contributed by atoms with van der Waals surface area (Å²) in [6.45, 7) is 6.82. The van der Waals surface area contributed by atoms with Gasteiger partial charge in [0.1, 0.15) is 0 Å². The van der Waals surface area contributed by atoms with Gasteiger partial charge in [-0.1, -0.05) is 13.8 Å². The van der Waals surface area contributed by atoms with Crippen LogP contribution < -0.4 is 0 Å². The Hall–Kier alpha value is 0.860. The predicted molar refractivity (Wildman–Crippen MR) is 52.1 cm³/mol. The molecule has 0 fully saturated rings. The molecule has 2 atom stereocenters. The van der Waals surface area contributed by atoms with Crippen molar-refractivity contribution in [1.82, 2.24) is 0 Å². The largest absolute Gasteiger partial charge is 0.132 e. The minimum atomic E-state index is 0.472. The number of hydrogen-bond acceptors (Lipinski definition) is 0. The van der Waals surface area contributed by atoms with Crippen LogP contribution in [0.15, 0.2) is 0 Å². The first-order chi connectivity index (χ1) is 4.06. The third kappa shape index (κ3) is 8.86. The van der Waals surface area contributed by atoms with Crippen molar-refractivity contribution in [1.29, 1.82) is 0 Å². The molecule has 0 aromatic rings.